The molecule has 2 rings (SSSR count). The molecule has 0 unspecified atom stereocenters. The van der Waals surface area contributed by atoms with Gasteiger partial charge in [-0.2, -0.15) is 0 Å². The number of carbonyl (C=O) groups is 2. The normalized spacial score (nSPS) is 15.6. The van der Waals surface area contributed by atoms with Crippen molar-refractivity contribution >= 4 is 17.7 Å². The lowest BCUT2D eigenvalue weighted by molar-refractivity contribution is -0.119. The fraction of sp³-hybridized carbons (Fsp3) is 0.429. The molecule has 1 aliphatic rings. The smallest absolute Gasteiger partial charge is 0.407 e. The van der Waals surface area contributed by atoms with Gasteiger partial charge in [-0.05, 0) is 38.0 Å². The highest BCUT2D eigenvalue weighted by molar-refractivity contribution is 6.05. The van der Waals surface area contributed by atoms with Gasteiger partial charge in [-0.25, -0.2) is 4.79 Å². The monoisotopic (exact) mass is 262 g/mol. The van der Waals surface area contributed by atoms with Crippen molar-refractivity contribution in [1.82, 2.24) is 5.32 Å². The first kappa shape index (κ1) is 13.4. The zero-order chi connectivity index (χ0) is 14.0. The van der Waals surface area contributed by atoms with Crippen LogP contribution in [0.25, 0.3) is 0 Å². The molecule has 102 valence electrons. The molecule has 5 heteroatoms. The van der Waals surface area contributed by atoms with E-state index in [1.165, 1.54) is 0 Å². The highest BCUT2D eigenvalue weighted by atomic mass is 16.5. The second-order valence-electron chi connectivity index (χ2n) is 5.03. The number of nitrogens with one attached hydrogen (secondary N) is 2. The molecule has 5 nitrogen and oxygen atoms in total. The number of rotatable bonds is 3. The SMILES string of the molecule is CCOC(=O)NCc1ccc2c(c1)C(C)(C)C(=O)N2. The third-order valence-corrected chi connectivity index (χ3v) is 3.29. The van der Waals surface area contributed by atoms with Crippen molar-refractivity contribution in [1.29, 1.82) is 0 Å². The summed E-state index contributed by atoms with van der Waals surface area (Å²) in [6.07, 6.45) is -0.434. The highest BCUT2D eigenvalue weighted by Gasteiger charge is 2.38. The number of carbonyl (C=O) groups excluding carboxylic acids is 2. The fourth-order valence-electron chi connectivity index (χ4n) is 2.08. The number of amides is 2. The molecule has 19 heavy (non-hydrogen) atoms. The molecule has 0 spiro atoms. The van der Waals surface area contributed by atoms with Gasteiger partial charge in [-0.3, -0.25) is 4.79 Å². The summed E-state index contributed by atoms with van der Waals surface area (Å²) >= 11 is 0. The van der Waals surface area contributed by atoms with Gasteiger partial charge in [0.25, 0.3) is 0 Å². The van der Waals surface area contributed by atoms with Gasteiger partial charge >= 0.3 is 6.09 Å². The van der Waals surface area contributed by atoms with E-state index in [-0.39, 0.29) is 5.91 Å². The molecule has 1 aliphatic heterocycles. The van der Waals surface area contributed by atoms with Crippen molar-refractivity contribution in [2.45, 2.75) is 32.7 Å². The summed E-state index contributed by atoms with van der Waals surface area (Å²) in [4.78, 5) is 23.0. The number of anilines is 1. The van der Waals surface area contributed by atoms with Crippen LogP contribution in [0.1, 0.15) is 31.9 Å². The minimum absolute atomic E-state index is 0.00185. The molecule has 1 heterocycles. The van der Waals surface area contributed by atoms with Crippen LogP contribution in [0.4, 0.5) is 10.5 Å². The van der Waals surface area contributed by atoms with Gasteiger partial charge < -0.3 is 15.4 Å². The van der Waals surface area contributed by atoms with E-state index in [1.807, 2.05) is 32.0 Å². The lowest BCUT2D eigenvalue weighted by Gasteiger charge is -2.16. The maximum absolute atomic E-state index is 11.8. The van der Waals surface area contributed by atoms with Crippen molar-refractivity contribution in [3.8, 4) is 0 Å². The maximum Gasteiger partial charge on any atom is 0.407 e. The summed E-state index contributed by atoms with van der Waals surface area (Å²) in [7, 11) is 0. The summed E-state index contributed by atoms with van der Waals surface area (Å²) in [5, 5.41) is 5.51. The molecule has 1 aromatic rings. The van der Waals surface area contributed by atoms with Crippen molar-refractivity contribution in [2.75, 3.05) is 11.9 Å². The topological polar surface area (TPSA) is 67.4 Å². The molecule has 0 bridgehead atoms. The Morgan fingerprint density at radius 1 is 1.42 bits per heavy atom. The van der Waals surface area contributed by atoms with Crippen LogP contribution in [0.5, 0.6) is 0 Å². The number of hydrogen-bond donors (Lipinski definition) is 2. The molecule has 0 aliphatic carbocycles. The van der Waals surface area contributed by atoms with Gasteiger partial charge in [-0.15, -0.1) is 0 Å². The van der Waals surface area contributed by atoms with Crippen molar-refractivity contribution in [3.63, 3.8) is 0 Å². The van der Waals surface area contributed by atoms with E-state index in [4.69, 9.17) is 4.74 Å². The van der Waals surface area contributed by atoms with Gasteiger partial charge in [0.05, 0.1) is 12.0 Å². The van der Waals surface area contributed by atoms with E-state index in [0.717, 1.165) is 16.8 Å². The Labute approximate surface area is 112 Å². The second-order valence-corrected chi connectivity index (χ2v) is 5.03. The molecular formula is C14H18N2O3. The average Bonchev–Trinajstić information content (AvgIpc) is 2.59. The number of alkyl carbamates (subject to hydrolysis) is 1. The van der Waals surface area contributed by atoms with Crippen LogP contribution in [0.3, 0.4) is 0 Å². The van der Waals surface area contributed by atoms with Gasteiger partial charge in [0.2, 0.25) is 5.91 Å². The minimum Gasteiger partial charge on any atom is -0.450 e. The van der Waals surface area contributed by atoms with E-state index < -0.39 is 11.5 Å². The standard InChI is InChI=1S/C14H18N2O3/c1-4-19-13(18)15-8-9-5-6-11-10(7-9)14(2,3)12(17)16-11/h5-7H,4,8H2,1-3H3,(H,15,18)(H,16,17). The van der Waals surface area contributed by atoms with Crippen LogP contribution in [-0.4, -0.2) is 18.6 Å². The van der Waals surface area contributed by atoms with Crippen LogP contribution in [0.2, 0.25) is 0 Å². The predicted octanol–water partition coefficient (Wildman–Crippen LogP) is 2.16. The molecule has 2 amide bonds. The fourth-order valence-corrected chi connectivity index (χ4v) is 2.08. The first-order valence-corrected chi connectivity index (χ1v) is 6.30. The molecule has 0 atom stereocenters. The Morgan fingerprint density at radius 3 is 2.84 bits per heavy atom. The molecule has 0 saturated heterocycles. The first-order chi connectivity index (χ1) is 8.95. The third-order valence-electron chi connectivity index (χ3n) is 3.29. The molecule has 2 N–H and O–H groups in total. The van der Waals surface area contributed by atoms with Crippen molar-refractivity contribution in [3.05, 3.63) is 29.3 Å². The van der Waals surface area contributed by atoms with E-state index in [0.29, 0.717) is 13.2 Å². The molecule has 1 aromatic carbocycles. The third kappa shape index (κ3) is 2.54. The first-order valence-electron chi connectivity index (χ1n) is 6.30. The maximum atomic E-state index is 11.8. The summed E-state index contributed by atoms with van der Waals surface area (Å²) in [6.45, 7) is 6.26. The number of ether oxygens (including phenoxy) is 1. The Kier molecular flexibility index (Phi) is 3.46. The Morgan fingerprint density at radius 2 is 2.16 bits per heavy atom. The number of benzene rings is 1. The second kappa shape index (κ2) is 4.91. The van der Waals surface area contributed by atoms with E-state index >= 15 is 0 Å². The van der Waals surface area contributed by atoms with Gasteiger partial charge in [-0.1, -0.05) is 12.1 Å². The molecular weight excluding hydrogens is 244 g/mol. The van der Waals surface area contributed by atoms with E-state index in [1.54, 1.807) is 6.92 Å². The van der Waals surface area contributed by atoms with Gasteiger partial charge in [0.1, 0.15) is 0 Å². The Balaban J connectivity index is 2.12. The van der Waals surface area contributed by atoms with Crippen LogP contribution in [0.15, 0.2) is 18.2 Å². The summed E-state index contributed by atoms with van der Waals surface area (Å²) in [5.74, 6) is -0.00185. The summed E-state index contributed by atoms with van der Waals surface area (Å²) in [5.41, 5.74) is 2.21. The van der Waals surface area contributed by atoms with E-state index in [9.17, 15) is 9.59 Å². The molecule has 0 radical (unpaired) electrons. The van der Waals surface area contributed by atoms with Gasteiger partial charge in [0.15, 0.2) is 0 Å². The Hall–Kier alpha value is -2.04. The van der Waals surface area contributed by atoms with Crippen molar-refractivity contribution < 1.29 is 14.3 Å². The van der Waals surface area contributed by atoms with Crippen LogP contribution < -0.4 is 10.6 Å². The summed E-state index contributed by atoms with van der Waals surface area (Å²) in [6, 6.07) is 5.69. The Bertz CT molecular complexity index is 523. The van der Waals surface area contributed by atoms with Crippen molar-refractivity contribution in [2.24, 2.45) is 0 Å². The predicted molar refractivity (Wildman–Crippen MR) is 72.0 cm³/mol. The van der Waals surface area contributed by atoms with Crippen LogP contribution >= 0.6 is 0 Å². The molecule has 0 fully saturated rings. The minimum atomic E-state index is -0.532. The average molecular weight is 262 g/mol. The lowest BCUT2D eigenvalue weighted by atomic mass is 9.85. The van der Waals surface area contributed by atoms with Crippen LogP contribution in [-0.2, 0) is 21.5 Å². The zero-order valence-corrected chi connectivity index (χ0v) is 11.4. The number of hydrogen-bond acceptors (Lipinski definition) is 3. The lowest BCUT2D eigenvalue weighted by Crippen LogP contribution is -2.27. The largest absolute Gasteiger partial charge is 0.450 e. The summed E-state index contributed by atoms with van der Waals surface area (Å²) < 4.78 is 4.80. The quantitative estimate of drug-likeness (QED) is 0.877. The van der Waals surface area contributed by atoms with Gasteiger partial charge in [0, 0.05) is 12.2 Å². The molecule has 0 saturated carbocycles. The highest BCUT2D eigenvalue weighted by Crippen LogP contribution is 2.37. The zero-order valence-electron chi connectivity index (χ0n) is 11.4. The van der Waals surface area contributed by atoms with Crippen LogP contribution in [0, 0.1) is 0 Å². The number of fused-ring (bicyclic) bond motifs is 1. The van der Waals surface area contributed by atoms with E-state index in [2.05, 4.69) is 10.6 Å². The molecule has 0 aromatic heterocycles.